The quantitative estimate of drug-likeness (QED) is 0.709. The number of hydrogen-bond acceptors (Lipinski definition) is 2. The van der Waals surface area contributed by atoms with Crippen molar-refractivity contribution in [1.82, 2.24) is 0 Å². The average molecular weight is 244 g/mol. The molecule has 0 amide bonds. The predicted molar refractivity (Wildman–Crippen MR) is 49.3 cm³/mol. The van der Waals surface area contributed by atoms with Gasteiger partial charge in [0.2, 0.25) is 6.36 Å². The minimum atomic E-state index is -4.53. The summed E-state index contributed by atoms with van der Waals surface area (Å²) in [5.41, 5.74) is 0. The predicted octanol–water partition coefficient (Wildman–Crippen LogP) is 3.27. The van der Waals surface area contributed by atoms with Crippen LogP contribution in [0.2, 0.25) is 0 Å². The van der Waals surface area contributed by atoms with E-state index in [1.807, 2.05) is 0 Å². The van der Waals surface area contributed by atoms with Crippen molar-refractivity contribution in [2.24, 2.45) is 11.8 Å². The van der Waals surface area contributed by atoms with Crippen LogP contribution in [0.4, 0.5) is 17.6 Å². The fourth-order valence-corrected chi connectivity index (χ4v) is 2.06. The first-order chi connectivity index (χ1) is 7.22. The number of halogens is 4. The molecule has 0 bridgehead atoms. The second kappa shape index (κ2) is 4.49. The SMILES string of the molecule is CCCOC1(C)OC(F)C(C)C1C(F)(F)F. The van der Waals surface area contributed by atoms with Crippen LogP contribution in [0.3, 0.4) is 0 Å². The Morgan fingerprint density at radius 2 is 1.94 bits per heavy atom. The molecule has 0 N–H and O–H groups in total. The van der Waals surface area contributed by atoms with E-state index in [0.29, 0.717) is 6.42 Å². The van der Waals surface area contributed by atoms with Crippen LogP contribution in [0, 0.1) is 11.8 Å². The van der Waals surface area contributed by atoms with Crippen molar-refractivity contribution in [2.45, 2.75) is 45.5 Å². The molecule has 0 aromatic rings. The maximum Gasteiger partial charge on any atom is 0.397 e. The van der Waals surface area contributed by atoms with Crippen LogP contribution in [-0.4, -0.2) is 24.9 Å². The van der Waals surface area contributed by atoms with Crippen LogP contribution in [0.1, 0.15) is 27.2 Å². The van der Waals surface area contributed by atoms with Gasteiger partial charge in [-0.1, -0.05) is 13.8 Å². The van der Waals surface area contributed by atoms with Crippen LogP contribution in [0.25, 0.3) is 0 Å². The Hall–Kier alpha value is -0.360. The first kappa shape index (κ1) is 13.7. The normalized spacial score (nSPS) is 40.3. The van der Waals surface area contributed by atoms with Gasteiger partial charge in [0, 0.05) is 12.5 Å². The first-order valence-electron chi connectivity index (χ1n) is 5.25. The number of rotatable bonds is 3. The van der Waals surface area contributed by atoms with Gasteiger partial charge in [-0.15, -0.1) is 0 Å². The van der Waals surface area contributed by atoms with Crippen LogP contribution in [0.15, 0.2) is 0 Å². The third-order valence-corrected chi connectivity index (χ3v) is 2.80. The van der Waals surface area contributed by atoms with E-state index in [4.69, 9.17) is 9.47 Å². The lowest BCUT2D eigenvalue weighted by Gasteiger charge is -2.32. The molecule has 4 atom stereocenters. The zero-order chi connectivity index (χ0) is 12.6. The molecule has 1 saturated heterocycles. The number of ether oxygens (including phenoxy) is 2. The van der Waals surface area contributed by atoms with Crippen molar-refractivity contribution in [1.29, 1.82) is 0 Å². The van der Waals surface area contributed by atoms with Gasteiger partial charge in [-0.05, 0) is 13.3 Å². The highest BCUT2D eigenvalue weighted by Crippen LogP contribution is 2.50. The molecule has 96 valence electrons. The smallest absolute Gasteiger partial charge is 0.349 e. The molecule has 0 aromatic carbocycles. The Kier molecular flexibility index (Phi) is 3.84. The molecule has 6 heteroatoms. The second-order valence-corrected chi connectivity index (χ2v) is 4.21. The van der Waals surface area contributed by atoms with Crippen LogP contribution < -0.4 is 0 Å². The van der Waals surface area contributed by atoms with E-state index in [-0.39, 0.29) is 6.61 Å². The molecule has 1 aliphatic rings. The van der Waals surface area contributed by atoms with Crippen molar-refractivity contribution >= 4 is 0 Å². The highest BCUT2D eigenvalue weighted by atomic mass is 19.4. The van der Waals surface area contributed by atoms with Gasteiger partial charge >= 0.3 is 6.18 Å². The van der Waals surface area contributed by atoms with E-state index in [1.165, 1.54) is 6.92 Å². The van der Waals surface area contributed by atoms with Gasteiger partial charge in [0.1, 0.15) is 5.92 Å². The third kappa shape index (κ3) is 2.48. The summed E-state index contributed by atoms with van der Waals surface area (Å²) in [6.45, 7) is 4.21. The highest BCUT2D eigenvalue weighted by molar-refractivity contribution is 4.92. The Balaban J connectivity index is 2.89. The fourth-order valence-electron chi connectivity index (χ4n) is 2.06. The lowest BCUT2D eigenvalue weighted by Crippen LogP contribution is -2.45. The minimum Gasteiger partial charge on any atom is -0.349 e. The van der Waals surface area contributed by atoms with E-state index in [2.05, 4.69) is 0 Å². The van der Waals surface area contributed by atoms with E-state index in [1.54, 1.807) is 6.92 Å². The molecule has 0 aromatic heterocycles. The summed E-state index contributed by atoms with van der Waals surface area (Å²) >= 11 is 0. The molecule has 0 saturated carbocycles. The Morgan fingerprint density at radius 1 is 1.38 bits per heavy atom. The molecule has 1 rings (SSSR count). The van der Waals surface area contributed by atoms with E-state index < -0.39 is 30.2 Å². The summed E-state index contributed by atoms with van der Waals surface area (Å²) in [4.78, 5) is 0. The summed E-state index contributed by atoms with van der Waals surface area (Å²) in [6, 6.07) is 0. The molecule has 2 nitrogen and oxygen atoms in total. The van der Waals surface area contributed by atoms with Crippen molar-refractivity contribution in [2.75, 3.05) is 6.61 Å². The lowest BCUT2D eigenvalue weighted by molar-refractivity contribution is -0.299. The Morgan fingerprint density at radius 3 is 2.38 bits per heavy atom. The molecule has 1 heterocycles. The van der Waals surface area contributed by atoms with Gasteiger partial charge in [0.25, 0.3) is 0 Å². The monoisotopic (exact) mass is 244 g/mol. The zero-order valence-electron chi connectivity index (χ0n) is 9.47. The molecule has 0 radical (unpaired) electrons. The first-order valence-corrected chi connectivity index (χ1v) is 5.25. The van der Waals surface area contributed by atoms with Gasteiger partial charge in [-0.3, -0.25) is 0 Å². The molecular weight excluding hydrogens is 228 g/mol. The van der Waals surface area contributed by atoms with Crippen LogP contribution >= 0.6 is 0 Å². The Bertz CT molecular complexity index is 243. The van der Waals surface area contributed by atoms with Crippen molar-refractivity contribution in [3.63, 3.8) is 0 Å². The molecule has 1 aliphatic heterocycles. The van der Waals surface area contributed by atoms with Gasteiger partial charge in [-0.25, -0.2) is 4.39 Å². The largest absolute Gasteiger partial charge is 0.397 e. The molecule has 4 unspecified atom stereocenters. The lowest BCUT2D eigenvalue weighted by atomic mass is 9.89. The van der Waals surface area contributed by atoms with Gasteiger partial charge in [0.05, 0.1) is 0 Å². The maximum atomic E-state index is 13.2. The molecule has 0 spiro atoms. The van der Waals surface area contributed by atoms with Gasteiger partial charge in [-0.2, -0.15) is 13.2 Å². The van der Waals surface area contributed by atoms with Crippen molar-refractivity contribution in [3.05, 3.63) is 0 Å². The van der Waals surface area contributed by atoms with E-state index >= 15 is 0 Å². The number of alkyl halides is 4. The molecule has 0 aliphatic carbocycles. The second-order valence-electron chi connectivity index (χ2n) is 4.21. The summed E-state index contributed by atoms with van der Waals surface area (Å²) in [5.74, 6) is -5.09. The fraction of sp³-hybridized carbons (Fsp3) is 1.00. The van der Waals surface area contributed by atoms with Gasteiger partial charge < -0.3 is 9.47 Å². The maximum absolute atomic E-state index is 13.2. The minimum absolute atomic E-state index is 0.114. The third-order valence-electron chi connectivity index (χ3n) is 2.80. The molecule has 1 fully saturated rings. The van der Waals surface area contributed by atoms with Crippen LogP contribution in [0.5, 0.6) is 0 Å². The standard InChI is InChI=1S/C10H16F4O2/c1-4-5-15-9(3)7(10(12,13)14)6(2)8(11)16-9/h6-8H,4-5H2,1-3H3. The summed E-state index contributed by atoms with van der Waals surface area (Å²) in [5, 5.41) is 0. The average Bonchev–Trinajstić information content (AvgIpc) is 2.34. The van der Waals surface area contributed by atoms with Crippen LogP contribution in [-0.2, 0) is 9.47 Å². The van der Waals surface area contributed by atoms with Crippen molar-refractivity contribution < 1.29 is 27.0 Å². The van der Waals surface area contributed by atoms with Gasteiger partial charge in [0.15, 0.2) is 5.79 Å². The Labute approximate surface area is 91.9 Å². The van der Waals surface area contributed by atoms with E-state index in [0.717, 1.165) is 6.92 Å². The molecular formula is C10H16F4O2. The number of hydrogen-bond donors (Lipinski definition) is 0. The topological polar surface area (TPSA) is 18.5 Å². The molecule has 16 heavy (non-hydrogen) atoms. The summed E-state index contributed by atoms with van der Waals surface area (Å²) < 4.78 is 61.3. The summed E-state index contributed by atoms with van der Waals surface area (Å²) in [7, 11) is 0. The zero-order valence-corrected chi connectivity index (χ0v) is 9.47. The summed E-state index contributed by atoms with van der Waals surface area (Å²) in [6.07, 6.45) is -5.91. The van der Waals surface area contributed by atoms with Crippen molar-refractivity contribution in [3.8, 4) is 0 Å². The highest BCUT2D eigenvalue weighted by Gasteiger charge is 2.63. The van der Waals surface area contributed by atoms with E-state index in [9.17, 15) is 17.6 Å².